The van der Waals surface area contributed by atoms with E-state index in [4.69, 9.17) is 17.2 Å². The number of sulfonamides is 1. The van der Waals surface area contributed by atoms with Crippen LogP contribution in [0, 0.1) is 0 Å². The molecule has 0 unspecified atom stereocenters. The van der Waals surface area contributed by atoms with E-state index in [0.717, 1.165) is 0 Å². The molecule has 8 nitrogen and oxygen atoms in total. The molecule has 0 heterocycles. The monoisotopic (exact) mass is 238 g/mol. The first-order valence-corrected chi connectivity index (χ1v) is 5.65. The highest BCUT2D eigenvalue weighted by molar-refractivity contribution is 7.89. The van der Waals surface area contributed by atoms with Crippen LogP contribution in [-0.4, -0.2) is 49.9 Å². The van der Waals surface area contributed by atoms with Gasteiger partial charge in [0.2, 0.25) is 21.8 Å². The van der Waals surface area contributed by atoms with Gasteiger partial charge in [-0.2, -0.15) is 4.31 Å². The lowest BCUT2D eigenvalue weighted by Crippen LogP contribution is -2.45. The van der Waals surface area contributed by atoms with Crippen LogP contribution in [0.15, 0.2) is 0 Å². The standard InChI is InChI=1S/C6H14N4O4S/c7-1-2-15(13,14)10(3-5(8)11)4-6(9)12/h1-4,7H2,(H2,8,11)(H2,9,12). The Labute approximate surface area is 87.4 Å². The first-order chi connectivity index (χ1) is 6.79. The summed E-state index contributed by atoms with van der Waals surface area (Å²) in [5.74, 6) is -2.10. The zero-order valence-corrected chi connectivity index (χ0v) is 8.87. The van der Waals surface area contributed by atoms with E-state index in [1.807, 2.05) is 0 Å². The van der Waals surface area contributed by atoms with Gasteiger partial charge in [-0.1, -0.05) is 0 Å². The van der Waals surface area contributed by atoms with Crippen molar-refractivity contribution < 1.29 is 18.0 Å². The quantitative estimate of drug-likeness (QED) is 0.421. The summed E-state index contributed by atoms with van der Waals surface area (Å²) < 4.78 is 23.5. The van der Waals surface area contributed by atoms with E-state index in [0.29, 0.717) is 4.31 Å². The van der Waals surface area contributed by atoms with Crippen molar-refractivity contribution in [1.29, 1.82) is 0 Å². The number of primary amides is 2. The third-order valence-corrected chi connectivity index (χ3v) is 3.23. The van der Waals surface area contributed by atoms with Crippen LogP contribution < -0.4 is 17.2 Å². The molecule has 6 N–H and O–H groups in total. The highest BCUT2D eigenvalue weighted by atomic mass is 32.2. The summed E-state index contributed by atoms with van der Waals surface area (Å²) >= 11 is 0. The van der Waals surface area contributed by atoms with Crippen molar-refractivity contribution in [3.05, 3.63) is 0 Å². The molecule has 0 aromatic rings. The van der Waals surface area contributed by atoms with Crippen LogP contribution >= 0.6 is 0 Å². The Bertz CT molecular complexity index is 323. The van der Waals surface area contributed by atoms with Crippen molar-refractivity contribution >= 4 is 21.8 Å². The van der Waals surface area contributed by atoms with Gasteiger partial charge in [-0.25, -0.2) is 8.42 Å². The summed E-state index contributed by atoms with van der Waals surface area (Å²) in [6.45, 7) is -1.27. The molecule has 0 rings (SSSR count). The smallest absolute Gasteiger partial charge is 0.232 e. The molecule has 0 saturated heterocycles. The lowest BCUT2D eigenvalue weighted by atomic mass is 10.5. The average molecular weight is 238 g/mol. The Morgan fingerprint density at radius 1 is 1.07 bits per heavy atom. The van der Waals surface area contributed by atoms with Crippen molar-refractivity contribution in [2.75, 3.05) is 25.4 Å². The van der Waals surface area contributed by atoms with Crippen molar-refractivity contribution in [1.82, 2.24) is 4.31 Å². The SMILES string of the molecule is NCCS(=O)(=O)N(CC(N)=O)CC(N)=O. The van der Waals surface area contributed by atoms with Gasteiger partial charge in [0.25, 0.3) is 0 Å². The van der Waals surface area contributed by atoms with Crippen LogP contribution in [0.4, 0.5) is 0 Å². The number of hydrogen-bond acceptors (Lipinski definition) is 5. The minimum Gasteiger partial charge on any atom is -0.369 e. The van der Waals surface area contributed by atoms with Gasteiger partial charge in [-0.05, 0) is 0 Å². The van der Waals surface area contributed by atoms with E-state index >= 15 is 0 Å². The Kier molecular flexibility index (Phi) is 5.19. The van der Waals surface area contributed by atoms with Crippen molar-refractivity contribution in [2.24, 2.45) is 17.2 Å². The third-order valence-electron chi connectivity index (χ3n) is 1.43. The number of rotatable bonds is 7. The molecule has 0 saturated carbocycles. The molecule has 0 aliphatic carbocycles. The molecule has 15 heavy (non-hydrogen) atoms. The highest BCUT2D eigenvalue weighted by Gasteiger charge is 2.24. The van der Waals surface area contributed by atoms with E-state index in [1.165, 1.54) is 0 Å². The molecule has 0 aliphatic rings. The lowest BCUT2D eigenvalue weighted by molar-refractivity contribution is -0.120. The summed E-state index contributed by atoms with van der Waals surface area (Å²) in [5, 5.41) is 0. The van der Waals surface area contributed by atoms with Gasteiger partial charge in [0, 0.05) is 6.54 Å². The van der Waals surface area contributed by atoms with Gasteiger partial charge in [0.1, 0.15) is 0 Å². The van der Waals surface area contributed by atoms with Gasteiger partial charge >= 0.3 is 0 Å². The fourth-order valence-electron chi connectivity index (χ4n) is 0.878. The van der Waals surface area contributed by atoms with E-state index < -0.39 is 34.9 Å². The van der Waals surface area contributed by atoms with E-state index in [1.54, 1.807) is 0 Å². The van der Waals surface area contributed by atoms with Crippen LogP contribution in [0.2, 0.25) is 0 Å². The van der Waals surface area contributed by atoms with E-state index in [9.17, 15) is 18.0 Å². The summed E-state index contributed by atoms with van der Waals surface area (Å²) in [7, 11) is -3.76. The topological polar surface area (TPSA) is 150 Å². The van der Waals surface area contributed by atoms with Crippen LogP contribution in [0.25, 0.3) is 0 Å². The zero-order chi connectivity index (χ0) is 12.1. The molecule has 88 valence electrons. The van der Waals surface area contributed by atoms with Crippen LogP contribution in [0.3, 0.4) is 0 Å². The van der Waals surface area contributed by atoms with Gasteiger partial charge < -0.3 is 17.2 Å². The van der Waals surface area contributed by atoms with Crippen LogP contribution in [0.1, 0.15) is 0 Å². The minimum atomic E-state index is -3.76. The number of nitrogens with two attached hydrogens (primary N) is 3. The number of carbonyl (C=O) groups excluding carboxylic acids is 2. The van der Waals surface area contributed by atoms with Crippen LogP contribution in [0.5, 0.6) is 0 Å². The Morgan fingerprint density at radius 2 is 1.47 bits per heavy atom. The predicted octanol–water partition coefficient (Wildman–Crippen LogP) is -3.45. The number of carbonyl (C=O) groups is 2. The largest absolute Gasteiger partial charge is 0.369 e. The molecule has 0 bridgehead atoms. The summed E-state index contributed by atoms with van der Waals surface area (Å²) in [4.78, 5) is 21.1. The Hall–Kier alpha value is -1.19. The fourth-order valence-corrected chi connectivity index (χ4v) is 2.08. The molecular formula is C6H14N4O4S. The van der Waals surface area contributed by atoms with Crippen LogP contribution in [-0.2, 0) is 19.6 Å². The molecule has 0 fully saturated rings. The number of amides is 2. The molecule has 0 radical (unpaired) electrons. The van der Waals surface area contributed by atoms with Crippen molar-refractivity contribution in [3.63, 3.8) is 0 Å². The molecule has 0 aromatic carbocycles. The van der Waals surface area contributed by atoms with E-state index in [-0.39, 0.29) is 12.3 Å². The maximum absolute atomic E-state index is 11.4. The summed E-state index contributed by atoms with van der Waals surface area (Å²) in [6, 6.07) is 0. The number of hydrogen-bond donors (Lipinski definition) is 3. The molecule has 0 spiro atoms. The van der Waals surface area contributed by atoms with Crippen molar-refractivity contribution in [2.45, 2.75) is 0 Å². The highest BCUT2D eigenvalue weighted by Crippen LogP contribution is 1.99. The second kappa shape index (κ2) is 5.63. The molecule has 0 aliphatic heterocycles. The number of nitrogens with zero attached hydrogens (tertiary/aromatic N) is 1. The Morgan fingerprint density at radius 3 is 1.73 bits per heavy atom. The molecule has 2 amide bonds. The molecule has 0 atom stereocenters. The summed E-state index contributed by atoms with van der Waals surface area (Å²) in [5.41, 5.74) is 14.7. The molecule has 0 aromatic heterocycles. The van der Waals surface area contributed by atoms with Gasteiger partial charge in [-0.15, -0.1) is 0 Å². The predicted molar refractivity (Wildman–Crippen MR) is 52.8 cm³/mol. The first kappa shape index (κ1) is 13.8. The Balaban J connectivity index is 4.76. The molecule has 9 heteroatoms. The van der Waals surface area contributed by atoms with E-state index in [2.05, 4.69) is 0 Å². The minimum absolute atomic E-state index is 0.115. The van der Waals surface area contributed by atoms with Gasteiger partial charge in [0.05, 0.1) is 18.8 Å². The maximum atomic E-state index is 11.4. The second-order valence-corrected chi connectivity index (χ2v) is 4.89. The average Bonchev–Trinajstić information content (AvgIpc) is 2.00. The van der Waals surface area contributed by atoms with Gasteiger partial charge in [-0.3, -0.25) is 9.59 Å². The van der Waals surface area contributed by atoms with Crippen molar-refractivity contribution in [3.8, 4) is 0 Å². The van der Waals surface area contributed by atoms with Gasteiger partial charge in [0.15, 0.2) is 0 Å². The first-order valence-electron chi connectivity index (χ1n) is 4.04. The summed E-state index contributed by atoms with van der Waals surface area (Å²) in [6.07, 6.45) is 0. The lowest BCUT2D eigenvalue weighted by Gasteiger charge is -2.18. The zero-order valence-electron chi connectivity index (χ0n) is 8.05. The molecular weight excluding hydrogens is 224 g/mol. The maximum Gasteiger partial charge on any atom is 0.232 e. The fraction of sp³-hybridized carbons (Fsp3) is 0.667. The third kappa shape index (κ3) is 5.30. The second-order valence-electron chi connectivity index (χ2n) is 2.81. The normalized spacial score (nSPS) is 11.6.